The number of piperazine rings is 1. The largest absolute Gasteiger partial charge is 0.345 e. The molecule has 1 saturated heterocycles. The van der Waals surface area contributed by atoms with Crippen LogP contribution in [0.5, 0.6) is 0 Å². The minimum atomic E-state index is 0.290. The van der Waals surface area contributed by atoms with Crippen LogP contribution in [0.2, 0.25) is 0 Å². The second kappa shape index (κ2) is 6.23. The number of hydrogen-bond acceptors (Lipinski definition) is 8. The SMILES string of the molecule is NCc1nc(CN2CCN(c3nc4ccccc4s3)CC2)no1. The van der Waals surface area contributed by atoms with Crippen molar-refractivity contribution >= 4 is 26.7 Å². The smallest absolute Gasteiger partial charge is 0.240 e. The molecule has 3 heterocycles. The lowest BCUT2D eigenvalue weighted by molar-refractivity contribution is 0.240. The third-order valence-electron chi connectivity index (χ3n) is 3.98. The molecule has 23 heavy (non-hydrogen) atoms. The van der Waals surface area contributed by atoms with Gasteiger partial charge in [0.25, 0.3) is 0 Å². The van der Waals surface area contributed by atoms with Crippen molar-refractivity contribution in [3.05, 3.63) is 36.0 Å². The zero-order valence-electron chi connectivity index (χ0n) is 12.7. The first-order valence-corrected chi connectivity index (χ1v) is 8.48. The molecule has 0 spiro atoms. The van der Waals surface area contributed by atoms with E-state index in [1.807, 2.05) is 6.07 Å². The van der Waals surface area contributed by atoms with E-state index in [1.54, 1.807) is 11.3 Å². The molecule has 1 fully saturated rings. The van der Waals surface area contributed by atoms with Crippen molar-refractivity contribution in [2.75, 3.05) is 31.1 Å². The second-order valence-corrected chi connectivity index (χ2v) is 6.54. The summed E-state index contributed by atoms with van der Waals surface area (Å²) >= 11 is 1.76. The fourth-order valence-corrected chi connectivity index (χ4v) is 3.75. The first-order valence-electron chi connectivity index (χ1n) is 7.66. The lowest BCUT2D eigenvalue weighted by Crippen LogP contribution is -2.46. The molecule has 1 aliphatic heterocycles. The number of rotatable bonds is 4. The van der Waals surface area contributed by atoms with E-state index in [0.717, 1.165) is 36.8 Å². The van der Waals surface area contributed by atoms with Crippen LogP contribution in [0.4, 0.5) is 5.13 Å². The molecule has 7 nitrogen and oxygen atoms in total. The molecule has 0 radical (unpaired) electrons. The summed E-state index contributed by atoms with van der Waals surface area (Å²) in [4.78, 5) is 13.7. The molecule has 2 N–H and O–H groups in total. The van der Waals surface area contributed by atoms with Crippen LogP contribution < -0.4 is 10.6 Å². The summed E-state index contributed by atoms with van der Waals surface area (Å²) in [7, 11) is 0. The van der Waals surface area contributed by atoms with Crippen LogP contribution in [0.15, 0.2) is 28.8 Å². The first kappa shape index (κ1) is 14.6. The molecule has 0 saturated carbocycles. The van der Waals surface area contributed by atoms with E-state index in [1.165, 1.54) is 4.70 Å². The molecule has 1 aromatic carbocycles. The Labute approximate surface area is 137 Å². The van der Waals surface area contributed by atoms with Gasteiger partial charge in [0, 0.05) is 26.2 Å². The number of nitrogens with two attached hydrogens (primary N) is 1. The summed E-state index contributed by atoms with van der Waals surface area (Å²) < 4.78 is 6.29. The van der Waals surface area contributed by atoms with E-state index in [4.69, 9.17) is 15.2 Å². The van der Waals surface area contributed by atoms with Gasteiger partial charge >= 0.3 is 0 Å². The molecule has 0 bridgehead atoms. The van der Waals surface area contributed by atoms with Crippen LogP contribution in [0.1, 0.15) is 11.7 Å². The molecule has 2 aromatic heterocycles. The fourth-order valence-electron chi connectivity index (χ4n) is 2.73. The van der Waals surface area contributed by atoms with Gasteiger partial charge in [-0.1, -0.05) is 28.6 Å². The number of aromatic nitrogens is 3. The van der Waals surface area contributed by atoms with Gasteiger partial charge in [-0.15, -0.1) is 0 Å². The van der Waals surface area contributed by atoms with Crippen molar-refractivity contribution in [3.8, 4) is 0 Å². The summed E-state index contributed by atoms with van der Waals surface area (Å²) in [5, 5.41) is 5.06. The van der Waals surface area contributed by atoms with Crippen molar-refractivity contribution in [1.29, 1.82) is 0 Å². The van der Waals surface area contributed by atoms with E-state index in [9.17, 15) is 0 Å². The Bertz CT molecular complexity index is 759. The Hall–Kier alpha value is -2.03. The summed E-state index contributed by atoms with van der Waals surface area (Å²) in [6.07, 6.45) is 0. The average Bonchev–Trinajstić information content (AvgIpc) is 3.21. The van der Waals surface area contributed by atoms with Gasteiger partial charge < -0.3 is 15.2 Å². The Morgan fingerprint density at radius 2 is 1.96 bits per heavy atom. The van der Waals surface area contributed by atoms with Crippen LogP contribution >= 0.6 is 11.3 Å². The number of anilines is 1. The molecule has 4 rings (SSSR count). The maximum Gasteiger partial charge on any atom is 0.240 e. The summed E-state index contributed by atoms with van der Waals surface area (Å²) in [6, 6.07) is 8.28. The molecule has 0 aliphatic carbocycles. The third-order valence-corrected chi connectivity index (χ3v) is 5.07. The number of nitrogens with zero attached hydrogens (tertiary/aromatic N) is 5. The molecule has 3 aromatic rings. The highest BCUT2D eigenvalue weighted by molar-refractivity contribution is 7.22. The number of hydrogen-bond donors (Lipinski definition) is 1. The van der Waals surface area contributed by atoms with Crippen LogP contribution in [-0.4, -0.2) is 46.2 Å². The van der Waals surface area contributed by atoms with Gasteiger partial charge in [-0.3, -0.25) is 4.90 Å². The normalized spacial score (nSPS) is 16.3. The Balaban J connectivity index is 1.38. The molecule has 1 aliphatic rings. The highest BCUT2D eigenvalue weighted by atomic mass is 32.1. The van der Waals surface area contributed by atoms with Crippen molar-refractivity contribution in [1.82, 2.24) is 20.0 Å². The summed E-state index contributed by atoms with van der Waals surface area (Å²) in [6.45, 7) is 4.84. The van der Waals surface area contributed by atoms with Gasteiger partial charge in [-0.25, -0.2) is 4.98 Å². The van der Waals surface area contributed by atoms with Crippen LogP contribution in [0.25, 0.3) is 10.2 Å². The second-order valence-electron chi connectivity index (χ2n) is 5.54. The van der Waals surface area contributed by atoms with E-state index in [0.29, 0.717) is 24.8 Å². The highest BCUT2D eigenvalue weighted by Crippen LogP contribution is 2.29. The lowest BCUT2D eigenvalue weighted by Gasteiger charge is -2.33. The van der Waals surface area contributed by atoms with Crippen molar-refractivity contribution in [2.45, 2.75) is 13.1 Å². The number of fused-ring (bicyclic) bond motifs is 1. The zero-order chi connectivity index (χ0) is 15.6. The molecular weight excluding hydrogens is 312 g/mol. The summed E-state index contributed by atoms with van der Waals surface area (Å²) in [5.74, 6) is 1.20. The van der Waals surface area contributed by atoms with E-state index >= 15 is 0 Å². The van der Waals surface area contributed by atoms with E-state index < -0.39 is 0 Å². The summed E-state index contributed by atoms with van der Waals surface area (Å²) in [5.41, 5.74) is 6.57. The lowest BCUT2D eigenvalue weighted by atomic mass is 10.3. The van der Waals surface area contributed by atoms with Crippen molar-refractivity contribution in [2.24, 2.45) is 5.73 Å². The monoisotopic (exact) mass is 330 g/mol. The van der Waals surface area contributed by atoms with Gasteiger partial charge in [0.1, 0.15) is 0 Å². The van der Waals surface area contributed by atoms with Crippen LogP contribution in [0.3, 0.4) is 0 Å². The molecule has 0 unspecified atom stereocenters. The minimum Gasteiger partial charge on any atom is -0.345 e. The number of benzene rings is 1. The Morgan fingerprint density at radius 1 is 1.13 bits per heavy atom. The first-order chi connectivity index (χ1) is 11.3. The topological polar surface area (TPSA) is 84.3 Å². The number of thiazole rings is 1. The standard InChI is InChI=1S/C15H18N6OS/c16-9-14-18-13(19-22-14)10-20-5-7-21(8-6-20)15-17-11-3-1-2-4-12(11)23-15/h1-4H,5-10,16H2. The van der Waals surface area contributed by atoms with E-state index in [2.05, 4.69) is 38.1 Å². The van der Waals surface area contributed by atoms with Gasteiger partial charge in [0.2, 0.25) is 5.89 Å². The predicted octanol–water partition coefficient (Wildman–Crippen LogP) is 1.46. The van der Waals surface area contributed by atoms with Crippen LogP contribution in [-0.2, 0) is 13.1 Å². The third kappa shape index (κ3) is 3.05. The van der Waals surface area contributed by atoms with Gasteiger partial charge in [0.15, 0.2) is 11.0 Å². The quantitative estimate of drug-likeness (QED) is 0.775. The van der Waals surface area contributed by atoms with Crippen molar-refractivity contribution < 1.29 is 4.52 Å². The Morgan fingerprint density at radius 3 is 2.70 bits per heavy atom. The fraction of sp³-hybridized carbons (Fsp3) is 0.400. The highest BCUT2D eigenvalue weighted by Gasteiger charge is 2.21. The van der Waals surface area contributed by atoms with Gasteiger partial charge in [0.05, 0.1) is 23.3 Å². The maximum atomic E-state index is 5.49. The van der Waals surface area contributed by atoms with Crippen LogP contribution in [0, 0.1) is 0 Å². The zero-order valence-corrected chi connectivity index (χ0v) is 13.5. The molecule has 0 atom stereocenters. The molecule has 8 heteroatoms. The molecule has 0 amide bonds. The van der Waals surface area contributed by atoms with E-state index in [-0.39, 0.29) is 0 Å². The molecule has 120 valence electrons. The minimum absolute atomic E-state index is 0.290. The Kier molecular flexibility index (Phi) is 3.94. The average molecular weight is 330 g/mol. The van der Waals surface area contributed by atoms with Gasteiger partial charge in [-0.2, -0.15) is 4.98 Å². The van der Waals surface area contributed by atoms with Gasteiger partial charge in [-0.05, 0) is 12.1 Å². The van der Waals surface area contributed by atoms with Crippen molar-refractivity contribution in [3.63, 3.8) is 0 Å². The number of para-hydroxylation sites is 1. The maximum absolute atomic E-state index is 5.49. The molecular formula is C15H18N6OS. The predicted molar refractivity (Wildman–Crippen MR) is 89.3 cm³/mol.